The van der Waals surface area contributed by atoms with Gasteiger partial charge < -0.3 is 9.84 Å². The van der Waals surface area contributed by atoms with Crippen molar-refractivity contribution in [3.05, 3.63) is 46.8 Å². The molecule has 0 spiro atoms. The molecule has 1 aliphatic rings. The van der Waals surface area contributed by atoms with E-state index in [1.54, 1.807) is 7.11 Å². The summed E-state index contributed by atoms with van der Waals surface area (Å²) in [6.45, 7) is 6.44. The second-order valence-corrected chi connectivity index (χ2v) is 6.58. The molecule has 1 aromatic carbocycles. The van der Waals surface area contributed by atoms with Crippen LogP contribution in [0.1, 0.15) is 22.5 Å². The molecule has 5 nitrogen and oxygen atoms in total. The molecule has 0 aliphatic carbocycles. The molecule has 0 radical (unpaired) electrons. The highest BCUT2D eigenvalue weighted by Gasteiger charge is 2.32. The highest BCUT2D eigenvalue weighted by Crippen LogP contribution is 2.26. The lowest BCUT2D eigenvalue weighted by atomic mass is 10.0. The topological polar surface area (TPSA) is 61.4 Å². The summed E-state index contributed by atoms with van der Waals surface area (Å²) in [5.41, 5.74) is 4.45. The molecule has 2 atom stereocenters. The van der Waals surface area contributed by atoms with Gasteiger partial charge in [0, 0.05) is 36.8 Å². The van der Waals surface area contributed by atoms with E-state index in [-0.39, 0.29) is 12.0 Å². The summed E-state index contributed by atoms with van der Waals surface area (Å²) in [4.78, 5) is 2.29. The van der Waals surface area contributed by atoms with E-state index in [0.29, 0.717) is 6.54 Å². The summed E-state index contributed by atoms with van der Waals surface area (Å²) in [5.74, 6) is 1.15. The minimum atomic E-state index is -0.302. The van der Waals surface area contributed by atoms with E-state index in [1.807, 2.05) is 6.92 Å². The Morgan fingerprint density at radius 2 is 2.13 bits per heavy atom. The van der Waals surface area contributed by atoms with Crippen LogP contribution in [0.3, 0.4) is 0 Å². The van der Waals surface area contributed by atoms with E-state index in [2.05, 4.69) is 46.3 Å². The molecule has 2 N–H and O–H groups in total. The predicted octanol–water partition coefficient (Wildman–Crippen LogP) is 2.07. The molecular weight excluding hydrogens is 290 g/mol. The van der Waals surface area contributed by atoms with Crippen molar-refractivity contribution in [3.63, 3.8) is 0 Å². The maximum atomic E-state index is 10.4. The molecule has 23 heavy (non-hydrogen) atoms. The molecule has 124 valence electrons. The second kappa shape index (κ2) is 6.72. The van der Waals surface area contributed by atoms with Gasteiger partial charge in [-0.1, -0.05) is 12.1 Å². The number of rotatable bonds is 5. The number of aryl methyl sites for hydroxylation is 2. The van der Waals surface area contributed by atoms with Gasteiger partial charge in [0.05, 0.1) is 18.9 Å². The van der Waals surface area contributed by atoms with E-state index in [4.69, 9.17) is 4.74 Å². The van der Waals surface area contributed by atoms with Gasteiger partial charge in [-0.3, -0.25) is 10.00 Å². The van der Waals surface area contributed by atoms with Crippen LogP contribution in [-0.2, 0) is 13.0 Å². The van der Waals surface area contributed by atoms with Crippen molar-refractivity contribution < 1.29 is 9.84 Å². The molecule has 1 saturated heterocycles. The zero-order valence-corrected chi connectivity index (χ0v) is 14.0. The van der Waals surface area contributed by atoms with Crippen molar-refractivity contribution in [2.24, 2.45) is 5.92 Å². The standard InChI is InChI=1S/C18H25N3O2/c1-12-4-5-14(18(6-12)23-3)9-21-10-15(17(22)11-21)8-16-7-13(2)19-20-16/h4-7,15,17,22H,8-11H2,1-3H3,(H,19,20). The van der Waals surface area contributed by atoms with Crippen LogP contribution >= 0.6 is 0 Å². The number of H-pyrrole nitrogens is 1. The smallest absolute Gasteiger partial charge is 0.123 e. The molecule has 1 aliphatic heterocycles. The summed E-state index contributed by atoms with van der Waals surface area (Å²) >= 11 is 0. The Balaban J connectivity index is 1.64. The Kier molecular flexibility index (Phi) is 4.68. The van der Waals surface area contributed by atoms with Gasteiger partial charge in [-0.2, -0.15) is 5.10 Å². The summed E-state index contributed by atoms with van der Waals surface area (Å²) in [6.07, 6.45) is 0.510. The maximum absolute atomic E-state index is 10.4. The van der Waals surface area contributed by atoms with Crippen LogP contribution in [0.15, 0.2) is 24.3 Å². The molecule has 2 unspecified atom stereocenters. The quantitative estimate of drug-likeness (QED) is 0.887. The number of aromatic nitrogens is 2. The number of hydrogen-bond acceptors (Lipinski definition) is 4. The van der Waals surface area contributed by atoms with E-state index < -0.39 is 0 Å². The Hall–Kier alpha value is -1.85. The van der Waals surface area contributed by atoms with Crippen LogP contribution in [0.2, 0.25) is 0 Å². The van der Waals surface area contributed by atoms with Gasteiger partial charge in [0.1, 0.15) is 5.75 Å². The number of benzene rings is 1. The first-order valence-electron chi connectivity index (χ1n) is 8.10. The number of ether oxygens (including phenoxy) is 1. The monoisotopic (exact) mass is 315 g/mol. The third kappa shape index (κ3) is 3.74. The van der Waals surface area contributed by atoms with E-state index in [0.717, 1.165) is 36.6 Å². The van der Waals surface area contributed by atoms with Crippen LogP contribution in [0.5, 0.6) is 5.75 Å². The highest BCUT2D eigenvalue weighted by molar-refractivity contribution is 5.37. The van der Waals surface area contributed by atoms with E-state index in [9.17, 15) is 5.11 Å². The molecule has 2 aromatic rings. The number of aliphatic hydroxyl groups excluding tert-OH is 1. The van der Waals surface area contributed by atoms with Crippen LogP contribution in [0.4, 0.5) is 0 Å². The highest BCUT2D eigenvalue weighted by atomic mass is 16.5. The number of nitrogens with one attached hydrogen (secondary N) is 1. The molecule has 1 fully saturated rings. The minimum absolute atomic E-state index is 0.231. The van der Waals surface area contributed by atoms with Crippen LogP contribution in [-0.4, -0.2) is 46.5 Å². The summed E-state index contributed by atoms with van der Waals surface area (Å²) in [6, 6.07) is 8.34. The summed E-state index contributed by atoms with van der Waals surface area (Å²) in [7, 11) is 1.71. The van der Waals surface area contributed by atoms with Crippen molar-refractivity contribution in [2.75, 3.05) is 20.2 Å². The Labute approximate surface area is 137 Å². The molecular formula is C18H25N3O2. The van der Waals surface area contributed by atoms with Crippen molar-refractivity contribution in [3.8, 4) is 5.75 Å². The Morgan fingerprint density at radius 3 is 2.83 bits per heavy atom. The first-order valence-corrected chi connectivity index (χ1v) is 8.10. The fourth-order valence-electron chi connectivity index (χ4n) is 3.34. The van der Waals surface area contributed by atoms with Gasteiger partial charge in [-0.25, -0.2) is 0 Å². The third-order valence-corrected chi connectivity index (χ3v) is 4.55. The van der Waals surface area contributed by atoms with Crippen molar-refractivity contribution in [2.45, 2.75) is 32.9 Å². The van der Waals surface area contributed by atoms with Crippen LogP contribution < -0.4 is 4.74 Å². The van der Waals surface area contributed by atoms with Gasteiger partial charge in [0.2, 0.25) is 0 Å². The largest absolute Gasteiger partial charge is 0.496 e. The van der Waals surface area contributed by atoms with Crippen molar-refractivity contribution in [1.29, 1.82) is 0 Å². The molecule has 2 heterocycles. The van der Waals surface area contributed by atoms with Gasteiger partial charge in [0.15, 0.2) is 0 Å². The predicted molar refractivity (Wildman–Crippen MR) is 89.5 cm³/mol. The van der Waals surface area contributed by atoms with Crippen molar-refractivity contribution in [1.82, 2.24) is 15.1 Å². The van der Waals surface area contributed by atoms with Gasteiger partial charge in [0.25, 0.3) is 0 Å². The number of β-amino-alcohol motifs (C(OH)–C–C–N with tert-alkyl or cyclic N) is 1. The number of methoxy groups -OCH3 is 1. The zero-order chi connectivity index (χ0) is 16.4. The fourth-order valence-corrected chi connectivity index (χ4v) is 3.34. The number of aliphatic hydroxyl groups is 1. The van der Waals surface area contributed by atoms with Crippen LogP contribution in [0.25, 0.3) is 0 Å². The lowest BCUT2D eigenvalue weighted by molar-refractivity contribution is 0.140. The summed E-state index contributed by atoms with van der Waals surface area (Å²) < 4.78 is 5.49. The number of hydrogen-bond donors (Lipinski definition) is 2. The first kappa shape index (κ1) is 16.0. The number of likely N-dealkylation sites (tertiary alicyclic amines) is 1. The summed E-state index contributed by atoms with van der Waals surface area (Å²) in [5, 5.41) is 17.6. The minimum Gasteiger partial charge on any atom is -0.496 e. The number of aromatic amines is 1. The van der Waals surface area contributed by atoms with Gasteiger partial charge >= 0.3 is 0 Å². The normalized spacial score (nSPS) is 21.7. The average Bonchev–Trinajstić information content (AvgIpc) is 3.07. The third-order valence-electron chi connectivity index (χ3n) is 4.55. The Morgan fingerprint density at radius 1 is 1.30 bits per heavy atom. The second-order valence-electron chi connectivity index (χ2n) is 6.58. The maximum Gasteiger partial charge on any atom is 0.123 e. The van der Waals surface area contributed by atoms with Gasteiger partial charge in [-0.15, -0.1) is 0 Å². The Bertz CT molecular complexity index is 668. The fraction of sp³-hybridized carbons (Fsp3) is 0.500. The molecule has 5 heteroatoms. The lowest BCUT2D eigenvalue weighted by Crippen LogP contribution is -2.21. The zero-order valence-electron chi connectivity index (χ0n) is 14.0. The molecule has 1 aromatic heterocycles. The molecule has 3 rings (SSSR count). The molecule has 0 bridgehead atoms. The average molecular weight is 315 g/mol. The number of nitrogens with zero attached hydrogens (tertiary/aromatic N) is 2. The van der Waals surface area contributed by atoms with Crippen molar-refractivity contribution >= 4 is 0 Å². The molecule has 0 amide bonds. The van der Waals surface area contributed by atoms with E-state index in [1.165, 1.54) is 11.1 Å². The van der Waals surface area contributed by atoms with Crippen LogP contribution in [0, 0.1) is 19.8 Å². The first-order chi connectivity index (χ1) is 11.0. The lowest BCUT2D eigenvalue weighted by Gasteiger charge is -2.17. The van der Waals surface area contributed by atoms with E-state index >= 15 is 0 Å². The SMILES string of the molecule is COc1cc(C)ccc1CN1CC(O)C(Cc2cc(C)[nH]n2)C1. The van der Waals surface area contributed by atoms with Gasteiger partial charge in [-0.05, 0) is 38.0 Å². The molecule has 0 saturated carbocycles.